The van der Waals surface area contributed by atoms with Gasteiger partial charge in [-0.1, -0.05) is 6.07 Å². The van der Waals surface area contributed by atoms with Gasteiger partial charge in [0.2, 0.25) is 0 Å². The van der Waals surface area contributed by atoms with E-state index in [9.17, 15) is 16.8 Å². The maximum Gasteiger partial charge on any atom is 0.263 e. The van der Waals surface area contributed by atoms with Crippen LogP contribution in [0.25, 0.3) is 0 Å². The average molecular weight is 447 g/mol. The van der Waals surface area contributed by atoms with Crippen LogP contribution in [0.5, 0.6) is 11.5 Å². The van der Waals surface area contributed by atoms with Gasteiger partial charge in [0.05, 0.1) is 9.79 Å². The third-order valence-corrected chi connectivity index (χ3v) is 6.89. The van der Waals surface area contributed by atoms with Crippen molar-refractivity contribution in [3.63, 3.8) is 0 Å². The van der Waals surface area contributed by atoms with Crippen LogP contribution in [-0.4, -0.2) is 35.0 Å². The lowest BCUT2D eigenvalue weighted by molar-refractivity contribution is 0.171. The first-order valence-electron chi connectivity index (χ1n) is 8.80. The van der Waals surface area contributed by atoms with Crippen molar-refractivity contribution in [2.75, 3.05) is 22.7 Å². The molecule has 4 rings (SSSR count). The number of hydrogen-bond donors (Lipinski definition) is 2. The highest BCUT2D eigenvalue weighted by Crippen LogP contribution is 2.32. The van der Waals surface area contributed by atoms with Crippen molar-refractivity contribution in [2.24, 2.45) is 0 Å². The van der Waals surface area contributed by atoms with E-state index in [-0.39, 0.29) is 21.3 Å². The molecule has 3 aromatic rings. The molecule has 0 fully saturated rings. The second kappa shape index (κ2) is 7.84. The van der Waals surface area contributed by atoms with Crippen LogP contribution in [0.15, 0.2) is 76.7 Å². The number of ether oxygens (including phenoxy) is 2. The molecule has 2 heterocycles. The third-order valence-electron chi connectivity index (χ3n) is 4.14. The van der Waals surface area contributed by atoms with E-state index in [0.717, 1.165) is 0 Å². The predicted octanol–water partition coefficient (Wildman–Crippen LogP) is 2.45. The van der Waals surface area contributed by atoms with Gasteiger partial charge in [-0.25, -0.2) is 21.8 Å². The SMILES string of the molecule is O=S(=O)(Nc1ccc(S(=O)(=O)Nc2ccccn2)cc1)c1ccc2c(c1)OCCO2. The molecule has 0 spiro atoms. The Morgan fingerprint density at radius 2 is 1.40 bits per heavy atom. The van der Waals surface area contributed by atoms with E-state index in [1.54, 1.807) is 12.1 Å². The van der Waals surface area contributed by atoms with Gasteiger partial charge in [0.1, 0.15) is 19.0 Å². The van der Waals surface area contributed by atoms with Crippen molar-refractivity contribution in [2.45, 2.75) is 9.79 Å². The molecule has 1 aliphatic heterocycles. The van der Waals surface area contributed by atoms with Crippen LogP contribution < -0.4 is 18.9 Å². The number of sulfonamides is 2. The first kappa shape index (κ1) is 20.0. The van der Waals surface area contributed by atoms with Gasteiger partial charge in [0, 0.05) is 18.0 Å². The Kier molecular flexibility index (Phi) is 5.22. The summed E-state index contributed by atoms with van der Waals surface area (Å²) in [7, 11) is -7.76. The Balaban J connectivity index is 1.51. The van der Waals surface area contributed by atoms with Gasteiger partial charge in [0.25, 0.3) is 20.0 Å². The lowest BCUT2D eigenvalue weighted by Crippen LogP contribution is -2.17. The molecule has 2 N–H and O–H groups in total. The molecule has 1 aromatic heterocycles. The van der Waals surface area contributed by atoms with Crippen molar-refractivity contribution in [3.8, 4) is 11.5 Å². The highest BCUT2D eigenvalue weighted by molar-refractivity contribution is 7.93. The zero-order chi connectivity index (χ0) is 21.2. The Morgan fingerprint density at radius 1 is 0.733 bits per heavy atom. The number of nitrogens with zero attached hydrogens (tertiary/aromatic N) is 1. The van der Waals surface area contributed by atoms with E-state index >= 15 is 0 Å². The average Bonchev–Trinajstić information content (AvgIpc) is 2.74. The number of fused-ring (bicyclic) bond motifs is 1. The van der Waals surface area contributed by atoms with Crippen molar-refractivity contribution >= 4 is 31.6 Å². The van der Waals surface area contributed by atoms with Crippen LogP contribution in [0, 0.1) is 0 Å². The van der Waals surface area contributed by atoms with Crippen molar-refractivity contribution < 1.29 is 26.3 Å². The maximum absolute atomic E-state index is 12.7. The summed E-state index contributed by atoms with van der Waals surface area (Å²) in [6.45, 7) is 0.744. The monoisotopic (exact) mass is 447 g/mol. The van der Waals surface area contributed by atoms with Crippen molar-refractivity contribution in [1.29, 1.82) is 0 Å². The van der Waals surface area contributed by atoms with Gasteiger partial charge in [-0.2, -0.15) is 0 Å². The first-order chi connectivity index (χ1) is 14.3. The fourth-order valence-electron chi connectivity index (χ4n) is 2.73. The van der Waals surface area contributed by atoms with Gasteiger partial charge in [-0.3, -0.25) is 9.44 Å². The van der Waals surface area contributed by atoms with Crippen LogP contribution in [0.3, 0.4) is 0 Å². The van der Waals surface area contributed by atoms with Gasteiger partial charge >= 0.3 is 0 Å². The van der Waals surface area contributed by atoms with Crippen LogP contribution in [0.1, 0.15) is 0 Å². The number of hydrogen-bond acceptors (Lipinski definition) is 7. The standard InChI is InChI=1S/C19H17N3O6S2/c23-29(24,22-19-3-1-2-10-20-19)15-6-4-14(5-7-15)21-30(25,26)16-8-9-17-18(13-16)28-12-11-27-17/h1-10,13,21H,11-12H2,(H,20,22). The van der Waals surface area contributed by atoms with E-state index in [2.05, 4.69) is 14.4 Å². The summed E-state index contributed by atoms with van der Waals surface area (Å²) in [5.41, 5.74) is 0.210. The molecule has 0 saturated heterocycles. The van der Waals surface area contributed by atoms with Crippen LogP contribution in [0.4, 0.5) is 11.5 Å². The van der Waals surface area contributed by atoms with Crippen molar-refractivity contribution in [1.82, 2.24) is 4.98 Å². The molecule has 0 saturated carbocycles. The minimum atomic E-state index is -3.90. The molecule has 11 heteroatoms. The summed E-state index contributed by atoms with van der Waals surface area (Å²) in [6.07, 6.45) is 1.47. The first-order valence-corrected chi connectivity index (χ1v) is 11.8. The van der Waals surface area contributed by atoms with Gasteiger partial charge in [0.15, 0.2) is 11.5 Å². The molecule has 0 radical (unpaired) electrons. The highest BCUT2D eigenvalue weighted by Gasteiger charge is 2.20. The molecule has 9 nitrogen and oxygen atoms in total. The molecule has 30 heavy (non-hydrogen) atoms. The minimum absolute atomic E-state index is 0.000247. The third kappa shape index (κ3) is 4.31. The predicted molar refractivity (Wildman–Crippen MR) is 110 cm³/mol. The molecular weight excluding hydrogens is 430 g/mol. The molecule has 0 aliphatic carbocycles. The lowest BCUT2D eigenvalue weighted by atomic mass is 10.3. The zero-order valence-corrected chi connectivity index (χ0v) is 17.1. The van der Waals surface area contributed by atoms with E-state index in [1.165, 1.54) is 54.7 Å². The normalized spacial score (nSPS) is 13.5. The molecule has 0 unspecified atom stereocenters. The number of benzene rings is 2. The second-order valence-electron chi connectivity index (χ2n) is 6.26. The fraction of sp³-hybridized carbons (Fsp3) is 0.105. The molecule has 0 bridgehead atoms. The highest BCUT2D eigenvalue weighted by atomic mass is 32.2. The molecular formula is C19H17N3O6S2. The van der Waals surface area contributed by atoms with Crippen LogP contribution in [-0.2, 0) is 20.0 Å². The second-order valence-corrected chi connectivity index (χ2v) is 9.62. The van der Waals surface area contributed by atoms with Crippen molar-refractivity contribution in [3.05, 3.63) is 66.9 Å². The Morgan fingerprint density at radius 3 is 2.10 bits per heavy atom. The molecule has 2 aromatic carbocycles. The van der Waals surface area contributed by atoms with E-state index < -0.39 is 20.0 Å². The summed E-state index contributed by atoms with van der Waals surface area (Å²) < 4.78 is 65.8. The molecule has 156 valence electrons. The van der Waals surface area contributed by atoms with E-state index in [0.29, 0.717) is 24.7 Å². The number of aromatic nitrogens is 1. The van der Waals surface area contributed by atoms with Gasteiger partial charge in [-0.05, 0) is 48.5 Å². The number of nitrogens with one attached hydrogen (secondary N) is 2. The zero-order valence-electron chi connectivity index (χ0n) is 15.5. The largest absolute Gasteiger partial charge is 0.486 e. The topological polar surface area (TPSA) is 124 Å². The molecule has 1 aliphatic rings. The van der Waals surface area contributed by atoms with Crippen LogP contribution in [0.2, 0.25) is 0 Å². The number of rotatable bonds is 6. The van der Waals surface area contributed by atoms with Gasteiger partial charge < -0.3 is 9.47 Å². The smallest absolute Gasteiger partial charge is 0.263 e. The number of pyridine rings is 1. The summed E-state index contributed by atoms with van der Waals surface area (Å²) >= 11 is 0. The summed E-state index contributed by atoms with van der Waals surface area (Å²) in [4.78, 5) is 3.89. The molecule has 0 amide bonds. The van der Waals surface area contributed by atoms with E-state index in [1.807, 2.05) is 0 Å². The quantitative estimate of drug-likeness (QED) is 0.595. The lowest BCUT2D eigenvalue weighted by Gasteiger charge is -2.19. The Bertz CT molecular complexity index is 1260. The maximum atomic E-state index is 12.7. The van der Waals surface area contributed by atoms with Gasteiger partial charge in [-0.15, -0.1) is 0 Å². The Labute approximate surface area is 173 Å². The summed E-state index contributed by atoms with van der Waals surface area (Å²) in [5, 5.41) is 0. The van der Waals surface area contributed by atoms with E-state index in [4.69, 9.17) is 9.47 Å². The number of anilines is 2. The summed E-state index contributed by atoms with van der Waals surface area (Å²) in [6, 6.07) is 14.5. The van der Waals surface area contributed by atoms with Crippen LogP contribution >= 0.6 is 0 Å². The fourth-order valence-corrected chi connectivity index (χ4v) is 4.81. The molecule has 0 atom stereocenters. The Hall–Kier alpha value is -3.31. The minimum Gasteiger partial charge on any atom is -0.486 e. The summed E-state index contributed by atoms with van der Waals surface area (Å²) in [5.74, 6) is 1.02.